The Bertz CT molecular complexity index is 938. The zero-order valence-electron chi connectivity index (χ0n) is 15.0. The number of carbonyl (C=O) groups is 4. The summed E-state index contributed by atoms with van der Waals surface area (Å²) in [6.07, 6.45) is 2.71. The molecule has 1 aromatic heterocycles. The van der Waals surface area contributed by atoms with Crippen LogP contribution in [0.5, 0.6) is 0 Å². The van der Waals surface area contributed by atoms with Gasteiger partial charge in [-0.3, -0.25) is 19.7 Å². The SMILES string of the molecule is COC(=O)c1ccc(/C=C/C(=O)Nc2oc(C)c(C(C)=O)c2C(N)=O)cc1. The lowest BCUT2D eigenvalue weighted by Crippen LogP contribution is -2.18. The number of carbonyl (C=O) groups excluding carboxylic acids is 4. The summed E-state index contributed by atoms with van der Waals surface area (Å²) in [4.78, 5) is 46.8. The molecule has 0 saturated carbocycles. The number of ether oxygens (including phenoxy) is 1. The molecule has 140 valence electrons. The summed E-state index contributed by atoms with van der Waals surface area (Å²) in [6.45, 7) is 2.77. The number of primary amides is 1. The van der Waals surface area contributed by atoms with Gasteiger partial charge in [-0.1, -0.05) is 12.1 Å². The van der Waals surface area contributed by atoms with Gasteiger partial charge in [0.1, 0.15) is 11.3 Å². The number of furan rings is 1. The number of esters is 1. The van der Waals surface area contributed by atoms with Crippen LogP contribution in [0.1, 0.15) is 49.3 Å². The van der Waals surface area contributed by atoms with E-state index in [0.29, 0.717) is 11.1 Å². The van der Waals surface area contributed by atoms with E-state index in [1.54, 1.807) is 24.3 Å². The monoisotopic (exact) mass is 370 g/mol. The third-order valence-electron chi connectivity index (χ3n) is 3.68. The van der Waals surface area contributed by atoms with Crippen molar-refractivity contribution in [3.63, 3.8) is 0 Å². The maximum Gasteiger partial charge on any atom is 0.337 e. The second-order valence-electron chi connectivity index (χ2n) is 5.59. The van der Waals surface area contributed by atoms with Gasteiger partial charge in [0.05, 0.1) is 18.2 Å². The minimum atomic E-state index is -0.880. The molecule has 2 rings (SSSR count). The predicted molar refractivity (Wildman–Crippen MR) is 97.4 cm³/mol. The van der Waals surface area contributed by atoms with E-state index in [1.807, 2.05) is 0 Å². The zero-order valence-corrected chi connectivity index (χ0v) is 15.0. The van der Waals surface area contributed by atoms with Gasteiger partial charge in [-0.2, -0.15) is 0 Å². The molecule has 1 aromatic carbocycles. The Balaban J connectivity index is 2.17. The van der Waals surface area contributed by atoms with Gasteiger partial charge < -0.3 is 14.9 Å². The van der Waals surface area contributed by atoms with Crippen LogP contribution >= 0.6 is 0 Å². The van der Waals surface area contributed by atoms with Crippen molar-refractivity contribution in [1.29, 1.82) is 0 Å². The molecule has 0 atom stereocenters. The van der Waals surface area contributed by atoms with E-state index in [9.17, 15) is 19.2 Å². The van der Waals surface area contributed by atoms with E-state index in [1.165, 1.54) is 33.1 Å². The Labute approximate surface area is 155 Å². The Morgan fingerprint density at radius 2 is 1.74 bits per heavy atom. The molecule has 0 aliphatic rings. The molecule has 0 radical (unpaired) electrons. The van der Waals surface area contributed by atoms with Crippen LogP contribution in [0.15, 0.2) is 34.8 Å². The standard InChI is InChI=1S/C19H18N2O6/c1-10(22)15-11(2)27-18(16(15)17(20)24)21-14(23)9-6-12-4-7-13(8-5-12)19(25)26-3/h4-9H,1-3H3,(H2,20,24)(H,21,23)/b9-6+. The van der Waals surface area contributed by atoms with Gasteiger partial charge in [0.25, 0.3) is 11.8 Å². The Kier molecular flexibility index (Phi) is 5.92. The first-order chi connectivity index (χ1) is 12.7. The lowest BCUT2D eigenvalue weighted by atomic mass is 10.1. The van der Waals surface area contributed by atoms with Crippen molar-refractivity contribution in [2.75, 3.05) is 12.4 Å². The average molecular weight is 370 g/mol. The maximum absolute atomic E-state index is 12.1. The van der Waals surface area contributed by atoms with Crippen molar-refractivity contribution < 1.29 is 28.3 Å². The third-order valence-corrected chi connectivity index (χ3v) is 3.68. The predicted octanol–water partition coefficient (Wildman–Crippen LogP) is 2.33. The van der Waals surface area contributed by atoms with Crippen LogP contribution in [0.4, 0.5) is 5.88 Å². The number of hydrogen-bond donors (Lipinski definition) is 2. The van der Waals surface area contributed by atoms with Crippen molar-refractivity contribution >= 4 is 35.5 Å². The second kappa shape index (κ2) is 8.13. The van der Waals surface area contributed by atoms with Gasteiger partial charge in [0.2, 0.25) is 5.88 Å². The van der Waals surface area contributed by atoms with Crippen LogP contribution in [-0.2, 0) is 9.53 Å². The van der Waals surface area contributed by atoms with Crippen LogP contribution in [0, 0.1) is 6.92 Å². The topological polar surface area (TPSA) is 129 Å². The van der Waals surface area contributed by atoms with Crippen LogP contribution in [0.25, 0.3) is 6.08 Å². The Morgan fingerprint density at radius 3 is 2.26 bits per heavy atom. The summed E-state index contributed by atoms with van der Waals surface area (Å²) < 4.78 is 9.91. The molecule has 0 spiro atoms. The van der Waals surface area contributed by atoms with Crippen LogP contribution in [0.3, 0.4) is 0 Å². The Hall–Kier alpha value is -3.68. The van der Waals surface area contributed by atoms with E-state index in [4.69, 9.17) is 10.2 Å². The van der Waals surface area contributed by atoms with E-state index in [2.05, 4.69) is 10.1 Å². The van der Waals surface area contributed by atoms with Crippen molar-refractivity contribution in [3.8, 4) is 0 Å². The van der Waals surface area contributed by atoms with Gasteiger partial charge in [-0.05, 0) is 37.6 Å². The number of rotatable bonds is 6. The first kappa shape index (κ1) is 19.6. The number of nitrogens with two attached hydrogens (primary N) is 1. The molecular formula is C19H18N2O6. The minimum absolute atomic E-state index is 0.0418. The fourth-order valence-electron chi connectivity index (χ4n) is 2.47. The smallest absolute Gasteiger partial charge is 0.337 e. The van der Waals surface area contributed by atoms with E-state index in [0.717, 1.165) is 0 Å². The summed E-state index contributed by atoms with van der Waals surface area (Å²) in [7, 11) is 1.29. The van der Waals surface area contributed by atoms with Gasteiger partial charge in [-0.25, -0.2) is 4.79 Å². The lowest BCUT2D eigenvalue weighted by Gasteiger charge is -2.01. The van der Waals surface area contributed by atoms with Gasteiger partial charge in [0, 0.05) is 6.08 Å². The lowest BCUT2D eigenvalue weighted by molar-refractivity contribution is -0.111. The normalized spacial score (nSPS) is 10.6. The summed E-state index contributed by atoms with van der Waals surface area (Å²) in [5.41, 5.74) is 6.22. The molecule has 0 aliphatic carbocycles. The summed E-state index contributed by atoms with van der Waals surface area (Å²) in [5.74, 6) is -2.31. The number of Topliss-reactive ketones (excluding diaryl/α,β-unsaturated/α-hetero) is 1. The van der Waals surface area contributed by atoms with Gasteiger partial charge in [0.15, 0.2) is 5.78 Å². The molecule has 2 aromatic rings. The van der Waals surface area contributed by atoms with Gasteiger partial charge in [-0.15, -0.1) is 0 Å². The molecular weight excluding hydrogens is 352 g/mol. The van der Waals surface area contributed by atoms with E-state index in [-0.39, 0.29) is 22.8 Å². The number of hydrogen-bond acceptors (Lipinski definition) is 6. The Morgan fingerprint density at radius 1 is 1.11 bits per heavy atom. The maximum atomic E-state index is 12.1. The molecule has 0 unspecified atom stereocenters. The van der Waals surface area contributed by atoms with Crippen LogP contribution in [0.2, 0.25) is 0 Å². The van der Waals surface area contributed by atoms with Crippen LogP contribution < -0.4 is 11.1 Å². The molecule has 0 aliphatic heterocycles. The number of aryl methyl sites for hydroxylation is 1. The summed E-state index contributed by atoms with van der Waals surface area (Å²) in [6, 6.07) is 6.39. The molecule has 2 amide bonds. The largest absolute Gasteiger partial charge is 0.465 e. The summed E-state index contributed by atoms with van der Waals surface area (Å²) in [5, 5.41) is 2.40. The number of benzene rings is 1. The van der Waals surface area contributed by atoms with E-state index >= 15 is 0 Å². The van der Waals surface area contributed by atoms with Crippen molar-refractivity contribution in [1.82, 2.24) is 0 Å². The molecule has 0 saturated heterocycles. The molecule has 0 fully saturated rings. The highest BCUT2D eigenvalue weighted by molar-refractivity contribution is 6.13. The summed E-state index contributed by atoms with van der Waals surface area (Å²) >= 11 is 0. The fourth-order valence-corrected chi connectivity index (χ4v) is 2.47. The molecule has 27 heavy (non-hydrogen) atoms. The average Bonchev–Trinajstić information content (AvgIpc) is 2.95. The second-order valence-corrected chi connectivity index (χ2v) is 5.59. The highest BCUT2D eigenvalue weighted by Crippen LogP contribution is 2.27. The minimum Gasteiger partial charge on any atom is -0.465 e. The number of ketones is 1. The molecule has 0 bridgehead atoms. The first-order valence-electron chi connectivity index (χ1n) is 7.86. The number of nitrogens with one attached hydrogen (secondary N) is 1. The highest BCUT2D eigenvalue weighted by atomic mass is 16.5. The number of methoxy groups -OCH3 is 1. The van der Waals surface area contributed by atoms with Crippen molar-refractivity contribution in [3.05, 3.63) is 58.4 Å². The molecule has 8 heteroatoms. The molecule has 3 N–H and O–H groups in total. The van der Waals surface area contributed by atoms with Crippen LogP contribution in [-0.4, -0.2) is 30.7 Å². The quantitative estimate of drug-likeness (QED) is 0.456. The third kappa shape index (κ3) is 4.49. The molecule has 8 nitrogen and oxygen atoms in total. The number of anilines is 1. The number of amides is 2. The molecule has 1 heterocycles. The van der Waals surface area contributed by atoms with Crippen molar-refractivity contribution in [2.24, 2.45) is 5.73 Å². The van der Waals surface area contributed by atoms with E-state index < -0.39 is 23.6 Å². The van der Waals surface area contributed by atoms with Gasteiger partial charge >= 0.3 is 5.97 Å². The first-order valence-corrected chi connectivity index (χ1v) is 7.86. The highest BCUT2D eigenvalue weighted by Gasteiger charge is 2.25. The van der Waals surface area contributed by atoms with Crippen molar-refractivity contribution in [2.45, 2.75) is 13.8 Å². The zero-order chi connectivity index (χ0) is 20.1. The fraction of sp³-hybridized carbons (Fsp3) is 0.158.